The van der Waals surface area contributed by atoms with Crippen LogP contribution in [0.5, 0.6) is 0 Å². The molecule has 0 saturated heterocycles. The second-order valence-electron chi connectivity index (χ2n) is 14.3. The fourth-order valence-electron chi connectivity index (χ4n) is 6.31. The number of aliphatic hydroxyl groups excluding tert-OH is 4. The van der Waals surface area contributed by atoms with E-state index >= 15 is 0 Å². The Hall–Kier alpha value is -1.21. The molecule has 48 heavy (non-hydrogen) atoms. The summed E-state index contributed by atoms with van der Waals surface area (Å²) in [6, 6.07) is -1.00. The highest BCUT2D eigenvalue weighted by molar-refractivity contribution is 5.80. The number of allylic oxidation sites excluding steroid dienone is 4. The SMILES string of the molecule is CCC/C=C/CC/C=C/CCCC(O)C(O)C(CO)NC(=O)C(O)CCCCCCCCCCCCCCCCCCCCCCCC. The van der Waals surface area contributed by atoms with Gasteiger partial charge in [-0.25, -0.2) is 0 Å². The first-order valence-corrected chi connectivity index (χ1v) is 20.7. The molecule has 4 unspecified atom stereocenters. The molecule has 0 fully saturated rings. The van der Waals surface area contributed by atoms with Crippen LogP contribution < -0.4 is 5.32 Å². The molecule has 0 aliphatic rings. The van der Waals surface area contributed by atoms with Crippen LogP contribution in [0.2, 0.25) is 0 Å². The van der Waals surface area contributed by atoms with Crippen molar-refractivity contribution in [1.29, 1.82) is 0 Å². The van der Waals surface area contributed by atoms with Gasteiger partial charge in [0.2, 0.25) is 5.91 Å². The Morgan fingerprint density at radius 3 is 1.31 bits per heavy atom. The second kappa shape index (κ2) is 37.1. The van der Waals surface area contributed by atoms with Crippen molar-refractivity contribution in [3.05, 3.63) is 24.3 Å². The maximum Gasteiger partial charge on any atom is 0.249 e. The number of unbranched alkanes of at least 4 members (excludes halogenated alkanes) is 24. The largest absolute Gasteiger partial charge is 0.394 e. The third kappa shape index (κ3) is 30.8. The zero-order valence-corrected chi connectivity index (χ0v) is 31.7. The van der Waals surface area contributed by atoms with E-state index in [-0.39, 0.29) is 0 Å². The molecule has 0 aliphatic carbocycles. The number of aliphatic hydroxyl groups is 4. The highest BCUT2D eigenvalue weighted by Crippen LogP contribution is 2.16. The molecule has 6 nitrogen and oxygen atoms in total. The quantitative estimate of drug-likeness (QED) is 0.0332. The fraction of sp³-hybridized carbons (Fsp3) is 0.881. The van der Waals surface area contributed by atoms with E-state index < -0.39 is 36.9 Å². The minimum absolute atomic E-state index is 0.364. The third-order valence-electron chi connectivity index (χ3n) is 9.62. The highest BCUT2D eigenvalue weighted by Gasteiger charge is 2.28. The van der Waals surface area contributed by atoms with Crippen molar-refractivity contribution < 1.29 is 25.2 Å². The summed E-state index contributed by atoms with van der Waals surface area (Å²) in [5.41, 5.74) is 0. The summed E-state index contributed by atoms with van der Waals surface area (Å²) in [7, 11) is 0. The van der Waals surface area contributed by atoms with Crippen LogP contribution in [0.4, 0.5) is 0 Å². The Morgan fingerprint density at radius 2 is 0.896 bits per heavy atom. The van der Waals surface area contributed by atoms with Crippen molar-refractivity contribution in [3.63, 3.8) is 0 Å². The normalized spacial score (nSPS) is 14.5. The van der Waals surface area contributed by atoms with E-state index in [4.69, 9.17) is 0 Å². The molecular weight excluding hydrogens is 598 g/mol. The molecule has 5 N–H and O–H groups in total. The first kappa shape index (κ1) is 46.8. The Balaban J connectivity index is 3.69. The molecule has 6 heteroatoms. The van der Waals surface area contributed by atoms with Crippen molar-refractivity contribution >= 4 is 5.91 Å². The molecule has 0 radical (unpaired) electrons. The Bertz CT molecular complexity index is 727. The number of rotatable bonds is 37. The number of carbonyl (C=O) groups excluding carboxylic acids is 1. The minimum Gasteiger partial charge on any atom is -0.394 e. The third-order valence-corrected chi connectivity index (χ3v) is 9.62. The number of nitrogens with one attached hydrogen (secondary N) is 1. The maximum absolute atomic E-state index is 12.5. The summed E-state index contributed by atoms with van der Waals surface area (Å²) < 4.78 is 0. The lowest BCUT2D eigenvalue weighted by atomic mass is 10.00. The van der Waals surface area contributed by atoms with Gasteiger partial charge in [0.15, 0.2) is 0 Å². The topological polar surface area (TPSA) is 110 Å². The van der Waals surface area contributed by atoms with Crippen LogP contribution >= 0.6 is 0 Å². The van der Waals surface area contributed by atoms with Crippen molar-refractivity contribution in [2.75, 3.05) is 6.61 Å². The van der Waals surface area contributed by atoms with Gasteiger partial charge in [-0.05, 0) is 44.9 Å². The maximum atomic E-state index is 12.5. The molecule has 0 aromatic rings. The molecule has 0 aromatic heterocycles. The average Bonchev–Trinajstić information content (AvgIpc) is 3.09. The fourth-order valence-corrected chi connectivity index (χ4v) is 6.31. The molecule has 0 bridgehead atoms. The Kier molecular flexibility index (Phi) is 36.1. The monoisotopic (exact) mass is 680 g/mol. The zero-order valence-electron chi connectivity index (χ0n) is 31.7. The summed E-state index contributed by atoms with van der Waals surface area (Å²) >= 11 is 0. The first-order valence-electron chi connectivity index (χ1n) is 20.7. The second-order valence-corrected chi connectivity index (χ2v) is 14.3. The van der Waals surface area contributed by atoms with Gasteiger partial charge in [0.25, 0.3) is 0 Å². The van der Waals surface area contributed by atoms with Gasteiger partial charge in [-0.15, -0.1) is 0 Å². The molecule has 0 aliphatic heterocycles. The summed E-state index contributed by atoms with van der Waals surface area (Å²) in [6.07, 6.45) is 40.8. The smallest absolute Gasteiger partial charge is 0.249 e. The number of hydrogen-bond acceptors (Lipinski definition) is 5. The highest BCUT2D eigenvalue weighted by atomic mass is 16.3. The van der Waals surface area contributed by atoms with Crippen molar-refractivity contribution in [3.8, 4) is 0 Å². The van der Waals surface area contributed by atoms with Crippen molar-refractivity contribution in [2.45, 2.75) is 231 Å². The van der Waals surface area contributed by atoms with Gasteiger partial charge in [0.05, 0.1) is 18.8 Å². The lowest BCUT2D eigenvalue weighted by molar-refractivity contribution is -0.132. The molecule has 0 rings (SSSR count). The van der Waals surface area contributed by atoms with Gasteiger partial charge >= 0.3 is 0 Å². The molecule has 0 spiro atoms. The molecule has 0 aromatic carbocycles. The standard InChI is InChI=1S/C42H81NO5/c1-3-5-7-9-11-13-15-16-17-18-19-20-21-22-23-24-25-26-28-30-32-34-36-40(46)42(48)43-38(37-44)41(47)39(45)35-33-31-29-27-14-12-10-8-6-4-2/h8,10,27,29,38-41,44-47H,3-7,9,11-26,28,30-37H2,1-2H3,(H,43,48)/b10-8+,29-27+. The van der Waals surface area contributed by atoms with Crippen molar-refractivity contribution in [2.24, 2.45) is 0 Å². The molecular formula is C42H81NO5. The Labute approximate surface area is 297 Å². The van der Waals surface area contributed by atoms with Gasteiger partial charge in [-0.3, -0.25) is 4.79 Å². The van der Waals surface area contributed by atoms with Crippen LogP contribution in [0.3, 0.4) is 0 Å². The zero-order chi connectivity index (χ0) is 35.3. The lowest BCUT2D eigenvalue weighted by Gasteiger charge is -2.27. The van der Waals surface area contributed by atoms with E-state index in [1.54, 1.807) is 0 Å². The lowest BCUT2D eigenvalue weighted by Crippen LogP contribution is -2.53. The predicted molar refractivity (Wildman–Crippen MR) is 205 cm³/mol. The first-order chi connectivity index (χ1) is 23.5. The van der Waals surface area contributed by atoms with Gasteiger partial charge in [-0.1, -0.05) is 186 Å². The average molecular weight is 680 g/mol. The van der Waals surface area contributed by atoms with E-state index in [1.165, 1.54) is 128 Å². The number of hydrogen-bond donors (Lipinski definition) is 5. The van der Waals surface area contributed by atoms with E-state index in [1.807, 2.05) is 0 Å². The molecule has 0 saturated carbocycles. The van der Waals surface area contributed by atoms with Crippen LogP contribution in [0.25, 0.3) is 0 Å². The van der Waals surface area contributed by atoms with E-state index in [0.717, 1.165) is 44.9 Å². The van der Waals surface area contributed by atoms with Crippen LogP contribution in [-0.2, 0) is 4.79 Å². The number of carbonyl (C=O) groups is 1. The molecule has 284 valence electrons. The molecule has 1 amide bonds. The van der Waals surface area contributed by atoms with Crippen molar-refractivity contribution in [1.82, 2.24) is 5.32 Å². The summed E-state index contributed by atoms with van der Waals surface area (Å²) in [6.45, 7) is 3.95. The van der Waals surface area contributed by atoms with Crippen LogP contribution in [0, 0.1) is 0 Å². The summed E-state index contributed by atoms with van der Waals surface area (Å²) in [5, 5.41) is 43.4. The van der Waals surface area contributed by atoms with E-state index in [0.29, 0.717) is 19.3 Å². The summed E-state index contributed by atoms with van der Waals surface area (Å²) in [4.78, 5) is 12.5. The predicted octanol–water partition coefficient (Wildman–Crippen LogP) is 10.4. The van der Waals surface area contributed by atoms with Gasteiger partial charge in [0, 0.05) is 0 Å². The van der Waals surface area contributed by atoms with Gasteiger partial charge in [-0.2, -0.15) is 0 Å². The Morgan fingerprint density at radius 1 is 0.500 bits per heavy atom. The van der Waals surface area contributed by atoms with Crippen LogP contribution in [-0.4, -0.2) is 57.3 Å². The molecule has 0 heterocycles. The van der Waals surface area contributed by atoms with Crippen LogP contribution in [0.15, 0.2) is 24.3 Å². The number of amides is 1. The summed E-state index contributed by atoms with van der Waals surface area (Å²) in [5.74, 6) is -0.597. The van der Waals surface area contributed by atoms with Gasteiger partial charge < -0.3 is 25.7 Å². The van der Waals surface area contributed by atoms with E-state index in [2.05, 4.69) is 43.5 Å². The van der Waals surface area contributed by atoms with E-state index in [9.17, 15) is 25.2 Å². The minimum atomic E-state index is -1.28. The molecule has 4 atom stereocenters. The van der Waals surface area contributed by atoms with Crippen LogP contribution in [0.1, 0.15) is 206 Å². The van der Waals surface area contributed by atoms with Gasteiger partial charge in [0.1, 0.15) is 12.2 Å².